The summed E-state index contributed by atoms with van der Waals surface area (Å²) in [6, 6.07) is 0. The zero-order valence-corrected chi connectivity index (χ0v) is 18.5. The molecule has 2 rings (SSSR count). The number of allylic oxidation sites excluding steroid dienone is 4. The molecule has 0 spiro atoms. The van der Waals surface area contributed by atoms with Crippen molar-refractivity contribution in [2.45, 2.75) is 92.4 Å². The van der Waals surface area contributed by atoms with Gasteiger partial charge in [-0.05, 0) is 82.8 Å². The molecule has 0 aromatic rings. The molecule has 0 heterocycles. The summed E-state index contributed by atoms with van der Waals surface area (Å²) in [6.07, 6.45) is 8.92. The fraction of sp³-hybridized carbons (Fsp3) is 0.750. The van der Waals surface area contributed by atoms with Gasteiger partial charge in [-0.15, -0.1) is 0 Å². The van der Waals surface area contributed by atoms with Crippen LogP contribution >= 0.6 is 0 Å². The second-order valence-electron chi connectivity index (χ2n) is 8.24. The number of hydrogen-bond acceptors (Lipinski definition) is 4. The first-order valence-electron chi connectivity index (χ1n) is 11.2. The third kappa shape index (κ3) is 4.52. The maximum absolute atomic E-state index is 12.9. The SMILES string of the molecule is CCCCC1=C(CCCC)C(C)=C2CC(C(=O)OCC)(C(=O)OCC)CC2C1. The highest BCUT2D eigenvalue weighted by Gasteiger charge is 2.56. The second kappa shape index (κ2) is 10.3. The van der Waals surface area contributed by atoms with E-state index < -0.39 is 17.4 Å². The first-order valence-corrected chi connectivity index (χ1v) is 11.2. The topological polar surface area (TPSA) is 52.6 Å². The van der Waals surface area contributed by atoms with Crippen LogP contribution in [-0.2, 0) is 19.1 Å². The zero-order chi connectivity index (χ0) is 20.7. The molecule has 158 valence electrons. The lowest BCUT2D eigenvalue weighted by atomic mass is 9.77. The van der Waals surface area contributed by atoms with Gasteiger partial charge in [-0.3, -0.25) is 9.59 Å². The highest BCUT2D eigenvalue weighted by molar-refractivity contribution is 6.01. The number of carbonyl (C=O) groups is 2. The van der Waals surface area contributed by atoms with E-state index in [0.29, 0.717) is 12.8 Å². The summed E-state index contributed by atoms with van der Waals surface area (Å²) in [6.45, 7) is 10.8. The van der Waals surface area contributed by atoms with E-state index in [4.69, 9.17) is 9.47 Å². The minimum Gasteiger partial charge on any atom is -0.465 e. The summed E-state index contributed by atoms with van der Waals surface area (Å²) in [4.78, 5) is 25.8. The molecule has 0 aromatic heterocycles. The number of fused-ring (bicyclic) bond motifs is 1. The summed E-state index contributed by atoms with van der Waals surface area (Å²) in [5.41, 5.74) is 4.48. The van der Waals surface area contributed by atoms with Crippen LogP contribution in [0.25, 0.3) is 0 Å². The van der Waals surface area contributed by atoms with Crippen molar-refractivity contribution in [2.75, 3.05) is 13.2 Å². The number of esters is 2. The Morgan fingerprint density at radius 3 is 2.07 bits per heavy atom. The predicted octanol–water partition coefficient (Wildman–Crippen LogP) is 5.91. The van der Waals surface area contributed by atoms with Gasteiger partial charge in [-0.25, -0.2) is 0 Å². The molecule has 0 aromatic carbocycles. The molecule has 28 heavy (non-hydrogen) atoms. The van der Waals surface area contributed by atoms with Crippen LogP contribution in [-0.4, -0.2) is 25.2 Å². The molecule has 2 aliphatic rings. The van der Waals surface area contributed by atoms with E-state index >= 15 is 0 Å². The van der Waals surface area contributed by atoms with Crippen LogP contribution in [0.1, 0.15) is 92.4 Å². The molecule has 0 N–H and O–H groups in total. The maximum Gasteiger partial charge on any atom is 0.323 e. The highest BCUT2D eigenvalue weighted by atomic mass is 16.6. The molecule has 0 bridgehead atoms. The van der Waals surface area contributed by atoms with Crippen LogP contribution in [0.5, 0.6) is 0 Å². The van der Waals surface area contributed by atoms with E-state index in [2.05, 4.69) is 20.8 Å². The number of hydrogen-bond donors (Lipinski definition) is 0. The Labute approximate surface area is 170 Å². The van der Waals surface area contributed by atoms with E-state index in [1.165, 1.54) is 42.4 Å². The molecular weight excluding hydrogens is 352 g/mol. The average molecular weight is 391 g/mol. The summed E-state index contributed by atoms with van der Waals surface area (Å²) in [5, 5.41) is 0. The second-order valence-corrected chi connectivity index (χ2v) is 8.24. The van der Waals surface area contributed by atoms with Crippen molar-refractivity contribution in [3.8, 4) is 0 Å². The maximum atomic E-state index is 12.9. The summed E-state index contributed by atoms with van der Waals surface area (Å²) >= 11 is 0. The number of carbonyl (C=O) groups excluding carboxylic acids is 2. The normalized spacial score (nSPS) is 21.0. The Kier molecular flexibility index (Phi) is 8.33. The van der Waals surface area contributed by atoms with Gasteiger partial charge in [-0.1, -0.05) is 37.8 Å². The Balaban J connectivity index is 2.39. The lowest BCUT2D eigenvalue weighted by molar-refractivity contribution is -0.171. The van der Waals surface area contributed by atoms with E-state index in [0.717, 1.165) is 19.3 Å². The molecule has 2 aliphatic carbocycles. The van der Waals surface area contributed by atoms with Crippen LogP contribution in [0, 0.1) is 11.3 Å². The van der Waals surface area contributed by atoms with Gasteiger partial charge in [-0.2, -0.15) is 0 Å². The van der Waals surface area contributed by atoms with Gasteiger partial charge in [0.15, 0.2) is 5.41 Å². The van der Waals surface area contributed by atoms with Crippen LogP contribution in [0.4, 0.5) is 0 Å². The molecule has 0 amide bonds. The van der Waals surface area contributed by atoms with Crippen LogP contribution in [0.15, 0.2) is 22.3 Å². The largest absolute Gasteiger partial charge is 0.465 e. The molecule has 4 nitrogen and oxygen atoms in total. The average Bonchev–Trinajstić information content (AvgIpc) is 3.07. The summed E-state index contributed by atoms with van der Waals surface area (Å²) in [5.74, 6) is -0.562. The van der Waals surface area contributed by atoms with E-state index in [1.807, 2.05) is 0 Å². The molecule has 0 radical (unpaired) electrons. The van der Waals surface area contributed by atoms with Crippen molar-refractivity contribution in [2.24, 2.45) is 11.3 Å². The van der Waals surface area contributed by atoms with Gasteiger partial charge in [0, 0.05) is 0 Å². The quantitative estimate of drug-likeness (QED) is 0.344. The molecule has 1 saturated carbocycles. The van der Waals surface area contributed by atoms with Gasteiger partial charge < -0.3 is 9.47 Å². The monoisotopic (exact) mass is 390 g/mol. The van der Waals surface area contributed by atoms with Crippen molar-refractivity contribution in [1.29, 1.82) is 0 Å². The minimum atomic E-state index is -1.16. The fourth-order valence-electron chi connectivity index (χ4n) is 4.89. The third-order valence-corrected chi connectivity index (χ3v) is 6.38. The number of unbranched alkanes of at least 4 members (excludes halogenated alkanes) is 2. The molecular formula is C24H38O4. The van der Waals surface area contributed by atoms with E-state index in [9.17, 15) is 9.59 Å². The molecule has 1 fully saturated rings. The lowest BCUT2D eigenvalue weighted by Crippen LogP contribution is -2.40. The number of rotatable bonds is 10. The van der Waals surface area contributed by atoms with Gasteiger partial charge in [0.1, 0.15) is 0 Å². The van der Waals surface area contributed by atoms with Crippen molar-refractivity contribution < 1.29 is 19.1 Å². The Morgan fingerprint density at radius 1 is 0.964 bits per heavy atom. The van der Waals surface area contributed by atoms with Crippen molar-refractivity contribution in [3.05, 3.63) is 22.3 Å². The van der Waals surface area contributed by atoms with Crippen LogP contribution < -0.4 is 0 Å². The lowest BCUT2D eigenvalue weighted by Gasteiger charge is -2.28. The third-order valence-electron chi connectivity index (χ3n) is 6.38. The van der Waals surface area contributed by atoms with Gasteiger partial charge in [0.05, 0.1) is 13.2 Å². The molecule has 1 atom stereocenters. The molecule has 1 unspecified atom stereocenters. The molecule has 0 aliphatic heterocycles. The summed E-state index contributed by atoms with van der Waals surface area (Å²) in [7, 11) is 0. The Bertz CT molecular complexity index is 623. The first-order chi connectivity index (χ1) is 13.4. The van der Waals surface area contributed by atoms with Crippen molar-refractivity contribution in [3.63, 3.8) is 0 Å². The van der Waals surface area contributed by atoms with E-state index in [1.54, 1.807) is 19.4 Å². The molecule has 0 saturated heterocycles. The predicted molar refractivity (Wildman–Crippen MR) is 112 cm³/mol. The van der Waals surface area contributed by atoms with Crippen LogP contribution in [0.3, 0.4) is 0 Å². The van der Waals surface area contributed by atoms with Gasteiger partial charge >= 0.3 is 11.9 Å². The standard InChI is InChI=1S/C24H38O4/c1-6-10-12-18-14-19-15-24(22(25)27-8-3,23(26)28-9-4)16-21(19)17(5)20(18)13-11-7-2/h19H,6-16H2,1-5H3. The van der Waals surface area contributed by atoms with E-state index in [-0.39, 0.29) is 19.1 Å². The van der Waals surface area contributed by atoms with Crippen molar-refractivity contribution in [1.82, 2.24) is 0 Å². The number of ether oxygens (including phenoxy) is 2. The minimum absolute atomic E-state index is 0.256. The first kappa shape index (κ1) is 22.7. The van der Waals surface area contributed by atoms with Crippen molar-refractivity contribution >= 4 is 11.9 Å². The smallest absolute Gasteiger partial charge is 0.323 e. The van der Waals surface area contributed by atoms with Gasteiger partial charge in [0.2, 0.25) is 0 Å². The summed E-state index contributed by atoms with van der Waals surface area (Å²) < 4.78 is 10.7. The van der Waals surface area contributed by atoms with Gasteiger partial charge in [0.25, 0.3) is 0 Å². The highest BCUT2D eigenvalue weighted by Crippen LogP contribution is 2.54. The fourth-order valence-corrected chi connectivity index (χ4v) is 4.89. The Hall–Kier alpha value is -1.58. The molecule has 4 heteroatoms. The zero-order valence-electron chi connectivity index (χ0n) is 18.5. The Morgan fingerprint density at radius 2 is 1.54 bits per heavy atom. The van der Waals surface area contributed by atoms with Crippen LogP contribution in [0.2, 0.25) is 0 Å².